The topological polar surface area (TPSA) is 209 Å². The van der Waals surface area contributed by atoms with E-state index in [2.05, 4.69) is 10.4 Å². The fraction of sp³-hybridized carbons (Fsp3) is 0.275. The van der Waals surface area contributed by atoms with Crippen LogP contribution >= 0.6 is 23.2 Å². The number of nitro benzene ring substituents is 2. The lowest BCUT2D eigenvalue weighted by Crippen LogP contribution is -2.53. The molecule has 3 heterocycles. The minimum absolute atomic E-state index is 0.0938. The van der Waals surface area contributed by atoms with Crippen molar-refractivity contribution in [1.29, 1.82) is 0 Å². The molecule has 2 N–H and O–H groups in total. The molecule has 1 saturated carbocycles. The number of allylic oxidation sites excluding steroid dienone is 2. The van der Waals surface area contributed by atoms with Crippen molar-refractivity contribution < 1.29 is 47.3 Å². The molecule has 61 heavy (non-hydrogen) atoms. The van der Waals surface area contributed by atoms with Crippen LogP contribution in [-0.4, -0.2) is 62.7 Å². The number of aromatic hydroxyl groups is 1. The Kier molecular flexibility index (Phi) is 9.81. The van der Waals surface area contributed by atoms with Gasteiger partial charge in [-0.05, 0) is 60.2 Å². The zero-order valence-electron chi connectivity index (χ0n) is 31.6. The average Bonchev–Trinajstić information content (AvgIpc) is 3.58. The van der Waals surface area contributed by atoms with Crippen LogP contribution in [0.25, 0.3) is 0 Å². The molecular weight excluding hydrogens is 850 g/mol. The highest BCUT2D eigenvalue weighted by Gasteiger charge is 2.70. The van der Waals surface area contributed by atoms with Crippen molar-refractivity contribution in [2.24, 2.45) is 23.7 Å². The van der Waals surface area contributed by atoms with Crippen LogP contribution in [0.1, 0.15) is 35.4 Å². The number of rotatable bonds is 8. The van der Waals surface area contributed by atoms with Crippen molar-refractivity contribution in [3.8, 4) is 5.75 Å². The Hall–Kier alpha value is -6.60. The largest absolute Gasteiger partial charge is 0.508 e. The fourth-order valence-corrected chi connectivity index (χ4v) is 9.91. The highest BCUT2D eigenvalue weighted by atomic mass is 35.5. The highest BCUT2D eigenvalue weighted by Crippen LogP contribution is 2.64. The molecule has 1 aromatic heterocycles. The number of anilines is 3. The number of phenols is 1. The number of halogens is 5. The van der Waals surface area contributed by atoms with Crippen LogP contribution in [0, 0.1) is 43.9 Å². The minimum Gasteiger partial charge on any atom is -0.508 e. The highest BCUT2D eigenvalue weighted by molar-refractivity contribution is 6.33. The van der Waals surface area contributed by atoms with Gasteiger partial charge in [0.15, 0.2) is 11.5 Å². The number of nitro groups is 2. The number of alkyl halides is 3. The molecule has 4 aromatic rings. The molecule has 4 amide bonds. The molecule has 2 aliphatic heterocycles. The molecule has 3 fully saturated rings. The number of phenolic OH excluding ortho intramolecular Hbond substituents is 1. The average molecular weight is 881 g/mol. The number of fused-ring (bicyclic) bond motifs is 4. The summed E-state index contributed by atoms with van der Waals surface area (Å²) >= 11 is 12.5. The molecule has 0 bridgehead atoms. The van der Waals surface area contributed by atoms with Crippen molar-refractivity contribution in [2.45, 2.75) is 30.4 Å². The monoisotopic (exact) mass is 879 g/mol. The van der Waals surface area contributed by atoms with Gasteiger partial charge < -0.3 is 10.0 Å². The Labute approximate surface area is 352 Å². The van der Waals surface area contributed by atoms with Crippen molar-refractivity contribution >= 4 is 75.4 Å². The van der Waals surface area contributed by atoms with E-state index in [1.165, 1.54) is 49.3 Å². The molecule has 2 saturated heterocycles. The number of hydrogen-bond acceptors (Lipinski definition) is 12. The van der Waals surface area contributed by atoms with Crippen LogP contribution in [0.3, 0.4) is 0 Å². The Balaban J connectivity index is 1.29. The summed E-state index contributed by atoms with van der Waals surface area (Å²) in [5, 5.41) is 35.6. The van der Waals surface area contributed by atoms with Gasteiger partial charge in [0, 0.05) is 43.4 Å². The number of amides is 4. The van der Waals surface area contributed by atoms with Gasteiger partial charge in [-0.1, -0.05) is 59.1 Å². The van der Waals surface area contributed by atoms with E-state index in [0.29, 0.717) is 33.3 Å². The van der Waals surface area contributed by atoms with Gasteiger partial charge in [0.1, 0.15) is 5.75 Å². The minimum atomic E-state index is -4.81. The van der Waals surface area contributed by atoms with Gasteiger partial charge in [-0.25, -0.2) is 9.88 Å². The van der Waals surface area contributed by atoms with E-state index in [9.17, 15) is 52.9 Å². The van der Waals surface area contributed by atoms with Crippen molar-refractivity contribution in [2.75, 3.05) is 29.3 Å². The summed E-state index contributed by atoms with van der Waals surface area (Å²) < 4.78 is 40.5. The maximum absolute atomic E-state index is 15.3. The van der Waals surface area contributed by atoms with Crippen molar-refractivity contribution in [1.82, 2.24) is 9.99 Å². The zero-order valence-corrected chi connectivity index (χ0v) is 33.1. The van der Waals surface area contributed by atoms with Crippen LogP contribution < -0.4 is 15.2 Å². The second-order valence-electron chi connectivity index (χ2n) is 15.3. The quantitative estimate of drug-likeness (QED) is 0.0780. The summed E-state index contributed by atoms with van der Waals surface area (Å²) in [5.74, 6) is -9.92. The Bertz CT molecular complexity index is 2610. The third-order valence-corrected chi connectivity index (χ3v) is 12.5. The van der Waals surface area contributed by atoms with E-state index >= 15 is 4.79 Å². The third-order valence-electron chi connectivity index (χ3n) is 11.9. The van der Waals surface area contributed by atoms with Crippen molar-refractivity contribution in [3.63, 3.8) is 0 Å². The van der Waals surface area contributed by atoms with Gasteiger partial charge in [0.05, 0.1) is 49.3 Å². The number of hydrazine groups is 1. The number of imide groups is 2. The second kappa shape index (κ2) is 14.5. The van der Waals surface area contributed by atoms with E-state index in [1.807, 2.05) is 0 Å². The molecular formula is C40H30Cl2F3N7O9. The van der Waals surface area contributed by atoms with E-state index in [4.69, 9.17) is 23.2 Å². The van der Waals surface area contributed by atoms with Crippen LogP contribution in [-0.2, 0) is 30.8 Å². The first-order valence-electron chi connectivity index (χ1n) is 18.4. The number of benzene rings is 3. The van der Waals surface area contributed by atoms with Gasteiger partial charge in [-0.2, -0.15) is 18.2 Å². The lowest BCUT2D eigenvalue weighted by Gasteiger charge is -2.50. The number of carbonyl (C=O) groups is 4. The van der Waals surface area contributed by atoms with Gasteiger partial charge in [0.2, 0.25) is 11.8 Å². The predicted molar refractivity (Wildman–Crippen MR) is 212 cm³/mol. The summed E-state index contributed by atoms with van der Waals surface area (Å²) in [4.78, 5) is 87.5. The maximum Gasteiger partial charge on any atom is 0.417 e. The summed E-state index contributed by atoms with van der Waals surface area (Å²) in [6.45, 7) is 0. The summed E-state index contributed by atoms with van der Waals surface area (Å²) in [6, 6.07) is 14.4. The molecule has 0 spiro atoms. The van der Waals surface area contributed by atoms with E-state index in [1.54, 1.807) is 24.3 Å². The molecule has 2 aliphatic carbocycles. The number of hydrogen-bond donors (Lipinski definition) is 2. The SMILES string of the molecule is CN(C)c1c([N+](=O)[O-])cc(N2C(=O)C3CC=C4C(CC5C(=O)N(Nc6ncc(C(F)(F)F)cc6Cl)C(=O)C5(c5ccc(Cl)cc5)C4c4cccc(O)c4)C3C2=O)cc1[N+](=O)[O-]. The van der Waals surface area contributed by atoms with Gasteiger partial charge in [-0.3, -0.25) is 44.8 Å². The summed E-state index contributed by atoms with van der Waals surface area (Å²) in [7, 11) is 2.72. The first kappa shape index (κ1) is 41.1. The standard InChI is InChI=1S/C40H30Cl2F3N7O9/c1-48(2)33-29(51(58)59)14-22(15-30(33)52(60)61)49-35(54)25-11-10-24-26(31(25)37(49)56)16-27-36(55)50(47-34-28(42)13-20(17-46-34)40(43,44)45)38(57)39(27,19-6-8-21(41)9-7-19)32(24)18-4-3-5-23(53)12-18/h3-10,12-15,17,25-27,31-32,53H,11,16H2,1-2H3,(H,46,47). The zero-order chi connectivity index (χ0) is 44.0. The Morgan fingerprint density at radius 1 is 0.918 bits per heavy atom. The molecule has 6 unspecified atom stereocenters. The Morgan fingerprint density at radius 3 is 2.15 bits per heavy atom. The maximum atomic E-state index is 15.3. The summed E-state index contributed by atoms with van der Waals surface area (Å²) in [5.41, 5.74) is -1.74. The summed E-state index contributed by atoms with van der Waals surface area (Å²) in [6.07, 6.45) is -3.00. The number of nitrogens with one attached hydrogen (secondary N) is 1. The third kappa shape index (κ3) is 6.32. The van der Waals surface area contributed by atoms with Crippen LogP contribution in [0.15, 0.2) is 84.6 Å². The van der Waals surface area contributed by atoms with E-state index in [-0.39, 0.29) is 34.9 Å². The van der Waals surface area contributed by atoms with E-state index in [0.717, 1.165) is 12.1 Å². The normalized spacial score (nSPS) is 24.6. The molecule has 21 heteroatoms. The molecule has 3 aromatic carbocycles. The van der Waals surface area contributed by atoms with E-state index < -0.39 is 108 Å². The molecule has 16 nitrogen and oxygen atoms in total. The van der Waals surface area contributed by atoms with Gasteiger partial charge >= 0.3 is 17.6 Å². The molecule has 6 atom stereocenters. The Morgan fingerprint density at radius 2 is 1.57 bits per heavy atom. The molecule has 314 valence electrons. The lowest BCUT2D eigenvalue weighted by molar-refractivity contribution is -0.392. The van der Waals surface area contributed by atoms with Crippen LogP contribution in [0.5, 0.6) is 5.75 Å². The van der Waals surface area contributed by atoms with Crippen LogP contribution in [0.4, 0.5) is 41.7 Å². The predicted octanol–water partition coefficient (Wildman–Crippen LogP) is 7.18. The number of aromatic nitrogens is 1. The number of pyridine rings is 1. The number of nitrogens with zero attached hydrogens (tertiary/aromatic N) is 6. The van der Waals surface area contributed by atoms with Gasteiger partial charge in [0.25, 0.3) is 11.8 Å². The molecule has 0 radical (unpaired) electrons. The smallest absolute Gasteiger partial charge is 0.417 e. The number of carbonyl (C=O) groups excluding carboxylic acids is 4. The molecule has 8 rings (SSSR count). The first-order chi connectivity index (χ1) is 28.8. The van der Waals surface area contributed by atoms with Gasteiger partial charge in [-0.15, -0.1) is 0 Å². The second-order valence-corrected chi connectivity index (χ2v) is 16.1. The van der Waals surface area contributed by atoms with Crippen LogP contribution in [0.2, 0.25) is 10.0 Å². The van der Waals surface area contributed by atoms with Crippen molar-refractivity contribution in [3.05, 3.63) is 132 Å². The fourth-order valence-electron chi connectivity index (χ4n) is 9.57. The lowest BCUT2D eigenvalue weighted by atomic mass is 9.49. The molecule has 4 aliphatic rings. The first-order valence-corrected chi connectivity index (χ1v) is 19.2.